The minimum absolute atomic E-state index is 0.0586. The Morgan fingerprint density at radius 2 is 1.85 bits per heavy atom. The van der Waals surface area contributed by atoms with E-state index in [1.165, 1.54) is 11.1 Å². The molecule has 2 aliphatic carbocycles. The minimum Gasteiger partial charge on any atom is -0.379 e. The monoisotopic (exact) mass is 354 g/mol. The van der Waals surface area contributed by atoms with E-state index in [1.54, 1.807) is 0 Å². The van der Waals surface area contributed by atoms with Crippen molar-refractivity contribution in [3.05, 3.63) is 35.4 Å². The van der Waals surface area contributed by atoms with Gasteiger partial charge in [0, 0.05) is 24.5 Å². The summed E-state index contributed by atoms with van der Waals surface area (Å²) in [6.45, 7) is 6.35. The van der Waals surface area contributed by atoms with Crippen LogP contribution in [0.1, 0.15) is 62.5 Å². The van der Waals surface area contributed by atoms with Gasteiger partial charge in [-0.15, -0.1) is 0 Å². The van der Waals surface area contributed by atoms with Crippen LogP contribution in [-0.2, 0) is 4.79 Å². The molecule has 5 rings (SSSR count). The second-order valence-electron chi connectivity index (χ2n) is 9.50. The molecule has 0 bridgehead atoms. The molecule has 1 aromatic rings. The highest BCUT2D eigenvalue weighted by Gasteiger charge is 2.59. The highest BCUT2D eigenvalue weighted by molar-refractivity contribution is 5.81. The maximum atomic E-state index is 12.8. The third-order valence-corrected chi connectivity index (χ3v) is 7.49. The number of fused-ring (bicyclic) bond motifs is 1. The number of piperidine rings is 1. The zero-order valence-corrected chi connectivity index (χ0v) is 15.8. The summed E-state index contributed by atoms with van der Waals surface area (Å²) in [5.41, 5.74) is 2.92. The number of hydrogen-bond donors (Lipinski definition) is 2. The number of nitrogens with zero attached hydrogens (tertiary/aromatic N) is 1. The molecule has 1 unspecified atom stereocenters. The van der Waals surface area contributed by atoms with Crippen LogP contribution >= 0.6 is 0 Å². The van der Waals surface area contributed by atoms with Crippen LogP contribution in [-0.4, -0.2) is 40.8 Å². The summed E-state index contributed by atoms with van der Waals surface area (Å²) >= 11 is 0. The van der Waals surface area contributed by atoms with Crippen molar-refractivity contribution in [1.29, 1.82) is 0 Å². The Labute approximate surface area is 156 Å². The molecule has 4 nitrogen and oxygen atoms in total. The van der Waals surface area contributed by atoms with E-state index in [2.05, 4.69) is 48.3 Å². The third-order valence-electron chi connectivity index (χ3n) is 7.49. The summed E-state index contributed by atoms with van der Waals surface area (Å²) in [7, 11) is 0. The van der Waals surface area contributed by atoms with Gasteiger partial charge in [0.05, 0.1) is 0 Å². The molecule has 26 heavy (non-hydrogen) atoms. The van der Waals surface area contributed by atoms with Crippen molar-refractivity contribution in [2.24, 2.45) is 17.8 Å². The van der Waals surface area contributed by atoms with Crippen molar-refractivity contribution in [2.45, 2.75) is 63.1 Å². The number of aliphatic hydroxyl groups is 1. The summed E-state index contributed by atoms with van der Waals surface area (Å²) in [6.07, 6.45) is 3.29. The average Bonchev–Trinajstić information content (AvgIpc) is 2.94. The maximum absolute atomic E-state index is 12.8. The van der Waals surface area contributed by atoms with Gasteiger partial charge in [-0.05, 0) is 60.5 Å². The first-order chi connectivity index (χ1) is 12.5. The fourth-order valence-corrected chi connectivity index (χ4v) is 5.85. The van der Waals surface area contributed by atoms with Crippen molar-refractivity contribution in [3.63, 3.8) is 0 Å². The molecule has 4 atom stereocenters. The van der Waals surface area contributed by atoms with Gasteiger partial charge in [0.25, 0.3) is 0 Å². The van der Waals surface area contributed by atoms with Gasteiger partial charge in [-0.1, -0.05) is 38.1 Å². The van der Waals surface area contributed by atoms with E-state index in [-0.39, 0.29) is 17.7 Å². The first kappa shape index (κ1) is 16.8. The van der Waals surface area contributed by atoms with Crippen molar-refractivity contribution < 1.29 is 9.90 Å². The normalized spacial score (nSPS) is 40.8. The van der Waals surface area contributed by atoms with Gasteiger partial charge in [0.15, 0.2) is 0 Å². The summed E-state index contributed by atoms with van der Waals surface area (Å²) in [4.78, 5) is 14.9. The number of benzene rings is 1. The van der Waals surface area contributed by atoms with E-state index < -0.39 is 0 Å². The molecule has 140 valence electrons. The summed E-state index contributed by atoms with van der Waals surface area (Å²) in [6, 6.07) is 9.15. The Morgan fingerprint density at radius 3 is 2.38 bits per heavy atom. The largest absolute Gasteiger partial charge is 0.379 e. The van der Waals surface area contributed by atoms with E-state index in [1.807, 2.05) is 0 Å². The number of aliphatic hydroxyl groups excluding tert-OH is 1. The van der Waals surface area contributed by atoms with Crippen molar-refractivity contribution in [3.8, 4) is 0 Å². The Balaban J connectivity index is 1.15. The molecule has 0 aromatic heterocycles. The summed E-state index contributed by atoms with van der Waals surface area (Å²) in [5.74, 6) is 3.12. The Hall–Kier alpha value is -1.39. The van der Waals surface area contributed by atoms with Crippen LogP contribution in [0.5, 0.6) is 0 Å². The zero-order chi connectivity index (χ0) is 18.1. The molecule has 4 aliphatic rings. The molecule has 0 radical (unpaired) electrons. The molecule has 1 amide bonds. The Kier molecular flexibility index (Phi) is 3.74. The van der Waals surface area contributed by atoms with Crippen LogP contribution in [0.15, 0.2) is 24.3 Å². The van der Waals surface area contributed by atoms with Crippen LogP contribution in [0.25, 0.3) is 0 Å². The van der Waals surface area contributed by atoms with Gasteiger partial charge < -0.3 is 10.0 Å². The number of amides is 1. The fraction of sp³-hybridized carbons (Fsp3) is 0.682. The van der Waals surface area contributed by atoms with Gasteiger partial charge in [-0.3, -0.25) is 10.1 Å². The fourth-order valence-electron chi connectivity index (χ4n) is 5.85. The van der Waals surface area contributed by atoms with Crippen molar-refractivity contribution >= 4 is 5.91 Å². The molecular weight excluding hydrogens is 324 g/mol. The van der Waals surface area contributed by atoms with E-state index in [9.17, 15) is 9.90 Å². The van der Waals surface area contributed by atoms with Gasteiger partial charge in [-0.25, -0.2) is 0 Å². The Morgan fingerprint density at radius 1 is 1.19 bits per heavy atom. The molecule has 2 aliphatic heterocycles. The quantitative estimate of drug-likeness (QED) is 0.878. The number of hydrogen-bond acceptors (Lipinski definition) is 3. The second kappa shape index (κ2) is 5.80. The molecule has 4 fully saturated rings. The summed E-state index contributed by atoms with van der Waals surface area (Å²) < 4.78 is 0. The lowest BCUT2D eigenvalue weighted by molar-refractivity contribution is -0.140. The zero-order valence-electron chi connectivity index (χ0n) is 15.8. The van der Waals surface area contributed by atoms with Crippen LogP contribution in [0.4, 0.5) is 0 Å². The highest BCUT2D eigenvalue weighted by atomic mass is 16.3. The molecule has 4 heteroatoms. The SMILES string of the molecule is CC(C)c1ccc([C@H]2[C@@H]3CN(C(=O)[C@H]4C[C@]5(CCC(O)N5)C4)C[C@@H]32)cc1. The first-order valence-corrected chi connectivity index (χ1v) is 10.3. The standard InChI is InChI=1S/C22H30N2O2/c1-13(2)14-3-5-15(6-4-14)20-17-11-24(12-18(17)20)21(26)16-9-22(10-16)8-7-19(25)23-22/h3-6,13,16-20,23,25H,7-12H2,1-2H3/t16-,17-,18+,19?,20+,22+. The smallest absolute Gasteiger partial charge is 0.225 e. The van der Waals surface area contributed by atoms with Crippen molar-refractivity contribution in [2.75, 3.05) is 13.1 Å². The van der Waals surface area contributed by atoms with Crippen LogP contribution in [0.3, 0.4) is 0 Å². The van der Waals surface area contributed by atoms with Gasteiger partial charge in [-0.2, -0.15) is 0 Å². The number of nitrogens with one attached hydrogen (secondary N) is 1. The van der Waals surface area contributed by atoms with E-state index >= 15 is 0 Å². The molecule has 1 aromatic carbocycles. The lowest BCUT2D eigenvalue weighted by Crippen LogP contribution is -2.57. The predicted octanol–water partition coefficient (Wildman–Crippen LogP) is 2.83. The molecule has 1 spiro atoms. The lowest BCUT2D eigenvalue weighted by atomic mass is 9.67. The molecule has 2 saturated heterocycles. The topological polar surface area (TPSA) is 52.6 Å². The predicted molar refractivity (Wildman–Crippen MR) is 101 cm³/mol. The van der Waals surface area contributed by atoms with Gasteiger partial charge in [0.2, 0.25) is 5.91 Å². The molecular formula is C22H30N2O2. The van der Waals surface area contributed by atoms with Crippen LogP contribution in [0.2, 0.25) is 0 Å². The van der Waals surface area contributed by atoms with Gasteiger partial charge in [0.1, 0.15) is 6.23 Å². The van der Waals surface area contributed by atoms with Crippen LogP contribution in [0, 0.1) is 17.8 Å². The summed E-state index contributed by atoms with van der Waals surface area (Å²) in [5, 5.41) is 13.0. The van der Waals surface area contributed by atoms with E-state index in [4.69, 9.17) is 0 Å². The maximum Gasteiger partial charge on any atom is 0.225 e. The Bertz CT molecular complexity index is 695. The third kappa shape index (κ3) is 2.61. The molecule has 2 heterocycles. The van der Waals surface area contributed by atoms with E-state index in [0.29, 0.717) is 29.6 Å². The number of carbonyl (C=O) groups excluding carboxylic acids is 1. The first-order valence-electron chi connectivity index (χ1n) is 10.3. The molecule has 2 N–H and O–H groups in total. The average molecular weight is 354 g/mol. The lowest BCUT2D eigenvalue weighted by Gasteiger charge is -2.46. The highest BCUT2D eigenvalue weighted by Crippen LogP contribution is 2.59. The minimum atomic E-state index is -0.367. The second-order valence-corrected chi connectivity index (χ2v) is 9.50. The number of rotatable bonds is 3. The molecule has 2 saturated carbocycles. The van der Waals surface area contributed by atoms with Gasteiger partial charge >= 0.3 is 0 Å². The van der Waals surface area contributed by atoms with Crippen LogP contribution < -0.4 is 5.32 Å². The van der Waals surface area contributed by atoms with Crippen molar-refractivity contribution in [1.82, 2.24) is 10.2 Å². The number of likely N-dealkylation sites (tertiary alicyclic amines) is 1. The number of carbonyl (C=O) groups is 1. The van der Waals surface area contributed by atoms with E-state index in [0.717, 1.165) is 38.8 Å².